The molecule has 37 heavy (non-hydrogen) atoms. The van der Waals surface area contributed by atoms with Crippen molar-refractivity contribution in [1.82, 2.24) is 19.4 Å². The number of carbonyl (C=O) groups is 1. The van der Waals surface area contributed by atoms with Crippen LogP contribution in [0.4, 0.5) is 13.2 Å². The van der Waals surface area contributed by atoms with Crippen molar-refractivity contribution in [3.8, 4) is 0 Å². The second-order valence-electron chi connectivity index (χ2n) is 8.74. The van der Waals surface area contributed by atoms with Gasteiger partial charge in [-0.3, -0.25) is 14.2 Å². The lowest BCUT2D eigenvalue weighted by molar-refractivity contribution is -0.142. The first-order valence-electron chi connectivity index (χ1n) is 11.6. The number of alkyl halides is 3. The molecule has 3 rings (SSSR count). The molecule has 1 atom stereocenters. The summed E-state index contributed by atoms with van der Waals surface area (Å²) in [6.45, 7) is 2.38. The van der Waals surface area contributed by atoms with Gasteiger partial charge in [0, 0.05) is 23.7 Å². The number of benzene rings is 2. The van der Waals surface area contributed by atoms with Gasteiger partial charge in [0.15, 0.2) is 5.69 Å². The highest BCUT2D eigenvalue weighted by atomic mass is 79.9. The highest BCUT2D eigenvalue weighted by Crippen LogP contribution is 2.34. The van der Waals surface area contributed by atoms with Gasteiger partial charge >= 0.3 is 6.18 Å². The third-order valence-corrected chi connectivity index (χ3v) is 6.76. The number of likely N-dealkylation sites (N-methyl/N-ethyl adjacent to an activating group) is 1. The van der Waals surface area contributed by atoms with Crippen LogP contribution in [0.15, 0.2) is 63.9 Å². The predicted octanol–water partition coefficient (Wildman–Crippen LogP) is 5.88. The normalized spacial score (nSPS) is 12.6. The van der Waals surface area contributed by atoms with E-state index < -0.39 is 33.9 Å². The lowest BCUT2D eigenvalue weighted by atomic mass is 10.1. The van der Waals surface area contributed by atoms with Gasteiger partial charge in [0.1, 0.15) is 10.3 Å². The maximum Gasteiger partial charge on any atom is 0.434 e. The molecule has 0 aliphatic heterocycles. The zero-order valence-corrected chi connectivity index (χ0v) is 22.9. The quantitative estimate of drug-likeness (QED) is 0.308. The standard InChI is InChI=1S/C26H27BrClF3N4O2/c1-4-20(34(15-14-33(2)3)24(36)18-10-12-19(28)13-11-18)23-32-22(26(29,30)31)21(27)25(37)35(23)16-17-8-6-5-7-9-17/h5-13,20H,4,14-16H2,1-3H3. The van der Waals surface area contributed by atoms with E-state index in [1.165, 1.54) is 9.47 Å². The molecule has 1 amide bonds. The number of hydrogen-bond acceptors (Lipinski definition) is 4. The van der Waals surface area contributed by atoms with Crippen molar-refractivity contribution >= 4 is 33.4 Å². The zero-order chi connectivity index (χ0) is 27.3. The summed E-state index contributed by atoms with van der Waals surface area (Å²) in [5.41, 5.74) is -1.15. The molecule has 0 saturated heterocycles. The summed E-state index contributed by atoms with van der Waals surface area (Å²) in [7, 11) is 3.66. The average molecular weight is 600 g/mol. The number of amides is 1. The van der Waals surface area contributed by atoms with Crippen molar-refractivity contribution in [2.45, 2.75) is 32.1 Å². The molecule has 0 aliphatic rings. The lowest BCUT2D eigenvalue weighted by Gasteiger charge is -2.33. The molecule has 0 radical (unpaired) electrons. The minimum atomic E-state index is -4.87. The monoisotopic (exact) mass is 598 g/mol. The summed E-state index contributed by atoms with van der Waals surface area (Å²) in [5, 5.41) is 0.449. The van der Waals surface area contributed by atoms with Crippen molar-refractivity contribution in [1.29, 1.82) is 0 Å². The molecule has 0 spiro atoms. The van der Waals surface area contributed by atoms with Crippen molar-refractivity contribution in [2.24, 2.45) is 0 Å². The Balaban J connectivity index is 2.22. The van der Waals surface area contributed by atoms with Gasteiger partial charge in [0.05, 0.1) is 12.6 Å². The Morgan fingerprint density at radius 1 is 1.08 bits per heavy atom. The van der Waals surface area contributed by atoms with Gasteiger partial charge in [0.25, 0.3) is 11.5 Å². The molecular weight excluding hydrogens is 573 g/mol. The summed E-state index contributed by atoms with van der Waals surface area (Å²) in [6, 6.07) is 14.3. The van der Waals surface area contributed by atoms with Gasteiger partial charge in [-0.15, -0.1) is 0 Å². The van der Waals surface area contributed by atoms with E-state index in [0.717, 1.165) is 0 Å². The SMILES string of the molecule is CCC(c1nc(C(F)(F)F)c(Br)c(=O)n1Cc1ccccc1)N(CCN(C)C)C(=O)c1ccc(Cl)cc1. The molecule has 1 aromatic heterocycles. The molecule has 0 saturated carbocycles. The average Bonchev–Trinajstić information content (AvgIpc) is 2.85. The van der Waals surface area contributed by atoms with E-state index in [4.69, 9.17) is 11.6 Å². The van der Waals surface area contributed by atoms with Gasteiger partial charge in [-0.1, -0.05) is 48.9 Å². The number of carbonyl (C=O) groups excluding carboxylic acids is 1. The van der Waals surface area contributed by atoms with E-state index >= 15 is 0 Å². The van der Waals surface area contributed by atoms with E-state index in [-0.39, 0.29) is 25.3 Å². The number of rotatable bonds is 9. The molecule has 1 heterocycles. The van der Waals surface area contributed by atoms with Crippen LogP contribution in [0, 0.1) is 0 Å². The van der Waals surface area contributed by atoms with E-state index in [1.807, 2.05) is 19.0 Å². The Kier molecular flexibility index (Phi) is 9.55. The second-order valence-corrected chi connectivity index (χ2v) is 9.97. The first-order valence-corrected chi connectivity index (χ1v) is 12.7. The van der Waals surface area contributed by atoms with Crippen LogP contribution in [0.2, 0.25) is 5.02 Å². The molecule has 198 valence electrons. The maximum atomic E-state index is 13.9. The maximum absolute atomic E-state index is 13.9. The van der Waals surface area contributed by atoms with Gasteiger partial charge in [0.2, 0.25) is 0 Å². The van der Waals surface area contributed by atoms with E-state index in [0.29, 0.717) is 22.7 Å². The Bertz CT molecular complexity index is 1280. The smallest absolute Gasteiger partial charge is 0.327 e. The number of aromatic nitrogens is 2. The van der Waals surface area contributed by atoms with Gasteiger partial charge in [-0.05, 0) is 66.3 Å². The summed E-state index contributed by atoms with van der Waals surface area (Å²) < 4.78 is 42.3. The molecule has 0 fully saturated rings. The largest absolute Gasteiger partial charge is 0.434 e. The minimum Gasteiger partial charge on any atom is -0.327 e. The van der Waals surface area contributed by atoms with Crippen LogP contribution in [0.3, 0.4) is 0 Å². The van der Waals surface area contributed by atoms with Gasteiger partial charge < -0.3 is 9.80 Å². The lowest BCUT2D eigenvalue weighted by Crippen LogP contribution is -2.42. The van der Waals surface area contributed by atoms with Crippen LogP contribution in [0.1, 0.15) is 46.8 Å². The third-order valence-electron chi connectivity index (χ3n) is 5.80. The third kappa shape index (κ3) is 7.00. The van der Waals surface area contributed by atoms with E-state index in [1.54, 1.807) is 61.5 Å². The number of halogens is 5. The van der Waals surface area contributed by atoms with Crippen molar-refractivity contribution in [3.63, 3.8) is 0 Å². The Hall–Kier alpha value is -2.69. The Labute approximate surface area is 226 Å². The number of nitrogens with zero attached hydrogens (tertiary/aromatic N) is 4. The highest BCUT2D eigenvalue weighted by molar-refractivity contribution is 9.10. The van der Waals surface area contributed by atoms with Crippen LogP contribution in [-0.4, -0.2) is 52.4 Å². The highest BCUT2D eigenvalue weighted by Gasteiger charge is 2.39. The van der Waals surface area contributed by atoms with Crippen molar-refractivity contribution in [2.75, 3.05) is 27.2 Å². The molecule has 0 aliphatic carbocycles. The molecule has 6 nitrogen and oxygen atoms in total. The first kappa shape index (κ1) is 28.9. The second kappa shape index (κ2) is 12.2. The van der Waals surface area contributed by atoms with Gasteiger partial charge in [-0.25, -0.2) is 4.98 Å². The summed E-state index contributed by atoms with van der Waals surface area (Å²) in [4.78, 5) is 34.3. The zero-order valence-electron chi connectivity index (χ0n) is 20.6. The van der Waals surface area contributed by atoms with Gasteiger partial charge in [-0.2, -0.15) is 13.2 Å². The molecule has 3 aromatic rings. The van der Waals surface area contributed by atoms with E-state index in [9.17, 15) is 22.8 Å². The first-order chi connectivity index (χ1) is 17.4. The summed E-state index contributed by atoms with van der Waals surface area (Å²) >= 11 is 8.81. The topological polar surface area (TPSA) is 58.4 Å². The predicted molar refractivity (Wildman–Crippen MR) is 141 cm³/mol. The summed E-state index contributed by atoms with van der Waals surface area (Å²) in [5.74, 6) is -0.532. The fourth-order valence-electron chi connectivity index (χ4n) is 3.92. The van der Waals surface area contributed by atoms with E-state index in [2.05, 4.69) is 20.9 Å². The van der Waals surface area contributed by atoms with Crippen molar-refractivity contribution in [3.05, 3.63) is 97.1 Å². The Morgan fingerprint density at radius 2 is 1.70 bits per heavy atom. The van der Waals surface area contributed by atoms with Crippen LogP contribution < -0.4 is 5.56 Å². The fraction of sp³-hybridized carbons (Fsp3) is 0.346. The molecule has 1 unspecified atom stereocenters. The number of hydrogen-bond donors (Lipinski definition) is 0. The van der Waals surface area contributed by atoms with Crippen LogP contribution >= 0.6 is 27.5 Å². The van der Waals surface area contributed by atoms with Crippen LogP contribution in [0.5, 0.6) is 0 Å². The molecule has 2 aromatic carbocycles. The molecule has 0 bridgehead atoms. The van der Waals surface area contributed by atoms with Crippen molar-refractivity contribution < 1.29 is 18.0 Å². The fourth-order valence-corrected chi connectivity index (χ4v) is 4.57. The minimum absolute atomic E-state index is 0.00804. The van der Waals surface area contributed by atoms with Crippen LogP contribution in [-0.2, 0) is 12.7 Å². The Morgan fingerprint density at radius 3 is 2.24 bits per heavy atom. The molecular formula is C26H27BrClF3N4O2. The summed E-state index contributed by atoms with van der Waals surface area (Å²) in [6.07, 6.45) is -4.64. The van der Waals surface area contributed by atoms with Crippen LogP contribution in [0.25, 0.3) is 0 Å². The molecule has 0 N–H and O–H groups in total. The molecule has 11 heteroatoms.